The van der Waals surface area contributed by atoms with Gasteiger partial charge in [-0.1, -0.05) is 36.8 Å². The van der Waals surface area contributed by atoms with Gasteiger partial charge in [0, 0.05) is 45.2 Å². The van der Waals surface area contributed by atoms with Crippen LogP contribution in [0.3, 0.4) is 0 Å². The van der Waals surface area contributed by atoms with E-state index in [0.717, 1.165) is 38.2 Å². The predicted molar refractivity (Wildman–Crippen MR) is 117 cm³/mol. The number of nitrogens with zero attached hydrogens (tertiary/aromatic N) is 3. The van der Waals surface area contributed by atoms with E-state index in [9.17, 15) is 0 Å². The maximum absolute atomic E-state index is 4.51. The first-order valence-corrected chi connectivity index (χ1v) is 9.52. The summed E-state index contributed by atoms with van der Waals surface area (Å²) in [5, 5.41) is 3.59. The summed E-state index contributed by atoms with van der Waals surface area (Å²) < 4.78 is 0. The fraction of sp³-hybridized carbons (Fsp3) is 0.650. The largest absolute Gasteiger partial charge is 0.355 e. The Kier molecular flexibility index (Phi) is 8.49. The lowest BCUT2D eigenvalue weighted by molar-refractivity contribution is 0.163. The molecule has 25 heavy (non-hydrogen) atoms. The van der Waals surface area contributed by atoms with Gasteiger partial charge in [0.2, 0.25) is 0 Å². The molecule has 2 fully saturated rings. The minimum absolute atomic E-state index is 0. The van der Waals surface area contributed by atoms with Gasteiger partial charge in [-0.15, -0.1) is 24.0 Å². The van der Waals surface area contributed by atoms with Gasteiger partial charge < -0.3 is 10.2 Å². The van der Waals surface area contributed by atoms with Crippen LogP contribution in [0.4, 0.5) is 0 Å². The number of aliphatic imine (C=N–C) groups is 1. The average Bonchev–Trinajstić information content (AvgIpc) is 3.11. The van der Waals surface area contributed by atoms with Crippen LogP contribution in [-0.4, -0.2) is 61.6 Å². The average molecular weight is 456 g/mol. The number of piperidine rings is 1. The zero-order chi connectivity index (χ0) is 16.8. The lowest BCUT2D eigenvalue weighted by atomic mass is 9.99. The van der Waals surface area contributed by atoms with Gasteiger partial charge in [0.15, 0.2) is 5.96 Å². The third kappa shape index (κ3) is 5.58. The Labute approximate surface area is 170 Å². The maximum Gasteiger partial charge on any atom is 0.193 e. The van der Waals surface area contributed by atoms with Gasteiger partial charge in [-0.25, -0.2) is 0 Å². The van der Waals surface area contributed by atoms with Crippen LogP contribution < -0.4 is 5.32 Å². The first-order chi connectivity index (χ1) is 11.8. The highest BCUT2D eigenvalue weighted by molar-refractivity contribution is 14.0. The van der Waals surface area contributed by atoms with E-state index in [0.29, 0.717) is 5.92 Å². The number of halogens is 1. The molecule has 0 aromatic heterocycles. The number of guanidine groups is 1. The Morgan fingerprint density at radius 2 is 1.96 bits per heavy atom. The van der Waals surface area contributed by atoms with Crippen molar-refractivity contribution in [2.24, 2.45) is 4.99 Å². The quantitative estimate of drug-likeness (QED) is 0.427. The summed E-state index contributed by atoms with van der Waals surface area (Å²) in [4.78, 5) is 9.54. The van der Waals surface area contributed by atoms with Crippen LogP contribution in [0, 0.1) is 0 Å². The van der Waals surface area contributed by atoms with Crippen LogP contribution in [0.5, 0.6) is 0 Å². The van der Waals surface area contributed by atoms with E-state index >= 15 is 0 Å². The third-order valence-corrected chi connectivity index (χ3v) is 5.59. The summed E-state index contributed by atoms with van der Waals surface area (Å²) in [5.74, 6) is 1.70. The van der Waals surface area contributed by atoms with Crippen molar-refractivity contribution in [1.29, 1.82) is 0 Å². The van der Waals surface area contributed by atoms with Crippen molar-refractivity contribution in [3.05, 3.63) is 35.9 Å². The van der Waals surface area contributed by atoms with E-state index < -0.39 is 0 Å². The van der Waals surface area contributed by atoms with Crippen LogP contribution in [0.1, 0.15) is 44.1 Å². The second-order valence-corrected chi connectivity index (χ2v) is 7.20. The molecule has 0 spiro atoms. The summed E-state index contributed by atoms with van der Waals surface area (Å²) in [5.41, 5.74) is 1.46. The van der Waals surface area contributed by atoms with Crippen LogP contribution in [-0.2, 0) is 0 Å². The van der Waals surface area contributed by atoms with E-state index in [4.69, 9.17) is 0 Å². The van der Waals surface area contributed by atoms with Gasteiger partial charge in [0.05, 0.1) is 0 Å². The normalized spacial score (nSPS) is 24.9. The molecule has 0 saturated carbocycles. The first-order valence-electron chi connectivity index (χ1n) is 9.52. The van der Waals surface area contributed by atoms with Crippen LogP contribution in [0.25, 0.3) is 0 Å². The molecule has 4 nitrogen and oxygen atoms in total. The fourth-order valence-electron chi connectivity index (χ4n) is 4.08. The smallest absolute Gasteiger partial charge is 0.193 e. The molecule has 140 valence electrons. The lowest BCUT2D eigenvalue weighted by Crippen LogP contribution is -2.46. The minimum Gasteiger partial charge on any atom is -0.355 e. The lowest BCUT2D eigenvalue weighted by Gasteiger charge is -2.33. The molecular weight excluding hydrogens is 423 g/mol. The standard InChI is InChI=1S/C20H32N4.HI/c1-17-8-6-7-13-23(17)15-12-22-20(21-2)24-14-11-19(16-24)18-9-4-3-5-10-18;/h3-5,9-10,17,19H,6-8,11-16H2,1-2H3,(H,21,22);1H. The van der Waals surface area contributed by atoms with Gasteiger partial charge in [-0.05, 0) is 38.3 Å². The van der Waals surface area contributed by atoms with Crippen molar-refractivity contribution in [2.75, 3.05) is 39.8 Å². The van der Waals surface area contributed by atoms with Crippen LogP contribution in [0.15, 0.2) is 35.3 Å². The molecule has 2 aliphatic heterocycles. The number of rotatable bonds is 4. The summed E-state index contributed by atoms with van der Waals surface area (Å²) in [6.45, 7) is 7.89. The van der Waals surface area contributed by atoms with E-state index in [2.05, 4.69) is 57.4 Å². The van der Waals surface area contributed by atoms with Gasteiger partial charge in [0.1, 0.15) is 0 Å². The molecular formula is C20H33IN4. The molecule has 1 N–H and O–H groups in total. The van der Waals surface area contributed by atoms with Crippen LogP contribution in [0.2, 0.25) is 0 Å². The third-order valence-electron chi connectivity index (χ3n) is 5.59. The zero-order valence-corrected chi connectivity index (χ0v) is 18.0. The number of likely N-dealkylation sites (tertiary alicyclic amines) is 2. The highest BCUT2D eigenvalue weighted by Gasteiger charge is 2.26. The summed E-state index contributed by atoms with van der Waals surface area (Å²) in [6.07, 6.45) is 5.30. The molecule has 3 rings (SSSR count). The Morgan fingerprint density at radius 1 is 1.16 bits per heavy atom. The Morgan fingerprint density at radius 3 is 2.68 bits per heavy atom. The summed E-state index contributed by atoms with van der Waals surface area (Å²) >= 11 is 0. The van der Waals surface area contributed by atoms with Crippen molar-refractivity contribution in [3.8, 4) is 0 Å². The summed E-state index contributed by atoms with van der Waals surface area (Å²) in [6, 6.07) is 11.6. The first kappa shape index (κ1) is 20.5. The fourth-order valence-corrected chi connectivity index (χ4v) is 4.08. The zero-order valence-electron chi connectivity index (χ0n) is 15.7. The van der Waals surface area contributed by atoms with Crippen LogP contribution >= 0.6 is 24.0 Å². The molecule has 0 radical (unpaired) electrons. The molecule has 2 unspecified atom stereocenters. The van der Waals surface area contributed by atoms with Crippen molar-refractivity contribution in [2.45, 2.75) is 44.6 Å². The molecule has 0 aliphatic carbocycles. The monoisotopic (exact) mass is 456 g/mol. The molecule has 1 aromatic rings. The SMILES string of the molecule is CN=C(NCCN1CCCCC1C)N1CCC(c2ccccc2)C1.I. The number of benzene rings is 1. The van der Waals surface area contributed by atoms with E-state index in [1.54, 1.807) is 0 Å². The maximum atomic E-state index is 4.51. The van der Waals surface area contributed by atoms with Crippen molar-refractivity contribution >= 4 is 29.9 Å². The van der Waals surface area contributed by atoms with Crippen molar-refractivity contribution in [3.63, 3.8) is 0 Å². The van der Waals surface area contributed by atoms with Gasteiger partial charge >= 0.3 is 0 Å². The van der Waals surface area contributed by atoms with E-state index in [1.165, 1.54) is 37.8 Å². The number of hydrogen-bond acceptors (Lipinski definition) is 2. The minimum atomic E-state index is 0. The predicted octanol–water partition coefficient (Wildman–Crippen LogP) is 3.54. The molecule has 2 saturated heterocycles. The second kappa shape index (κ2) is 10.4. The second-order valence-electron chi connectivity index (χ2n) is 7.20. The molecule has 0 amide bonds. The topological polar surface area (TPSA) is 30.9 Å². The molecule has 5 heteroatoms. The van der Waals surface area contributed by atoms with Crippen molar-refractivity contribution < 1.29 is 0 Å². The summed E-state index contributed by atoms with van der Waals surface area (Å²) in [7, 11) is 1.90. The molecule has 0 bridgehead atoms. The van der Waals surface area contributed by atoms with Gasteiger partial charge in [0.25, 0.3) is 0 Å². The number of hydrogen-bond donors (Lipinski definition) is 1. The highest BCUT2D eigenvalue weighted by Crippen LogP contribution is 2.26. The Balaban J connectivity index is 0.00000225. The molecule has 1 aromatic carbocycles. The Hall–Kier alpha value is -0.820. The van der Waals surface area contributed by atoms with Crippen molar-refractivity contribution in [1.82, 2.24) is 15.1 Å². The molecule has 2 heterocycles. The van der Waals surface area contributed by atoms with Gasteiger partial charge in [-0.3, -0.25) is 9.89 Å². The molecule has 2 aliphatic rings. The highest BCUT2D eigenvalue weighted by atomic mass is 127. The Bertz CT molecular complexity index is 534. The van der Waals surface area contributed by atoms with E-state index in [-0.39, 0.29) is 24.0 Å². The van der Waals surface area contributed by atoms with E-state index in [1.807, 2.05) is 7.05 Å². The molecule has 2 atom stereocenters. The van der Waals surface area contributed by atoms with Gasteiger partial charge in [-0.2, -0.15) is 0 Å². The number of nitrogens with one attached hydrogen (secondary N) is 1.